The van der Waals surface area contributed by atoms with Gasteiger partial charge in [-0.05, 0) is 65.7 Å². The quantitative estimate of drug-likeness (QED) is 0.380. The Morgan fingerprint density at radius 3 is 2.24 bits per heavy atom. The summed E-state index contributed by atoms with van der Waals surface area (Å²) in [5.74, 6) is -0.318. The second kappa shape index (κ2) is 8.22. The minimum Gasteiger partial charge on any atom is -0.265 e. The minimum atomic E-state index is -3.27. The van der Waals surface area contributed by atoms with Gasteiger partial charge in [-0.3, -0.25) is 9.67 Å². The number of nitrogens with zero attached hydrogens (tertiary/aromatic N) is 4. The first-order valence-corrected chi connectivity index (χ1v) is 12.1. The van der Waals surface area contributed by atoms with Crippen LogP contribution >= 0.6 is 0 Å². The second-order valence-corrected chi connectivity index (χ2v) is 9.78. The predicted octanol–water partition coefficient (Wildman–Crippen LogP) is 4.75. The Labute approximate surface area is 190 Å². The Morgan fingerprint density at radius 2 is 1.58 bits per heavy atom. The van der Waals surface area contributed by atoms with Gasteiger partial charge in [0.15, 0.2) is 15.5 Å². The fourth-order valence-electron chi connectivity index (χ4n) is 3.76. The molecule has 33 heavy (non-hydrogen) atoms. The maximum Gasteiger partial charge on any atom is 0.181 e. The Balaban J connectivity index is 1.64. The van der Waals surface area contributed by atoms with Gasteiger partial charge in [-0.15, -0.1) is 0 Å². The molecule has 3 heterocycles. The van der Waals surface area contributed by atoms with Gasteiger partial charge in [-0.1, -0.05) is 12.1 Å². The van der Waals surface area contributed by atoms with Gasteiger partial charge < -0.3 is 0 Å². The Kier molecular flexibility index (Phi) is 5.22. The number of fused-ring (bicyclic) bond motifs is 1. The number of rotatable bonds is 5. The SMILES string of the molecule is CS(=O)(=O)c1ccc(Cn2nc3ncc(-c4ccncc4)cc3c2-c2ccc(F)cc2)cc1. The van der Waals surface area contributed by atoms with Crippen LogP contribution in [0.1, 0.15) is 5.56 Å². The highest BCUT2D eigenvalue weighted by Crippen LogP contribution is 2.32. The lowest BCUT2D eigenvalue weighted by Gasteiger charge is -2.09. The van der Waals surface area contributed by atoms with Gasteiger partial charge in [0.25, 0.3) is 0 Å². The van der Waals surface area contributed by atoms with Crippen molar-refractivity contribution < 1.29 is 12.8 Å². The lowest BCUT2D eigenvalue weighted by molar-refractivity contribution is 0.601. The van der Waals surface area contributed by atoms with Crippen molar-refractivity contribution in [2.24, 2.45) is 0 Å². The molecule has 8 heteroatoms. The molecule has 0 unspecified atom stereocenters. The van der Waals surface area contributed by atoms with E-state index in [9.17, 15) is 12.8 Å². The molecule has 0 bridgehead atoms. The molecule has 5 aromatic rings. The summed E-state index contributed by atoms with van der Waals surface area (Å²) in [5, 5.41) is 5.53. The van der Waals surface area contributed by atoms with Crippen LogP contribution in [0.5, 0.6) is 0 Å². The van der Waals surface area contributed by atoms with Gasteiger partial charge >= 0.3 is 0 Å². The normalized spacial score (nSPS) is 11.7. The number of hydrogen-bond donors (Lipinski definition) is 0. The highest BCUT2D eigenvalue weighted by atomic mass is 32.2. The number of sulfone groups is 1. The highest BCUT2D eigenvalue weighted by molar-refractivity contribution is 7.90. The highest BCUT2D eigenvalue weighted by Gasteiger charge is 2.16. The molecule has 6 nitrogen and oxygen atoms in total. The smallest absolute Gasteiger partial charge is 0.181 e. The second-order valence-electron chi connectivity index (χ2n) is 7.76. The summed E-state index contributed by atoms with van der Waals surface area (Å²) in [6, 6.07) is 18.8. The van der Waals surface area contributed by atoms with E-state index in [1.54, 1.807) is 55.0 Å². The van der Waals surface area contributed by atoms with Crippen LogP contribution in [0.2, 0.25) is 0 Å². The molecule has 0 aliphatic rings. The van der Waals surface area contributed by atoms with E-state index in [-0.39, 0.29) is 10.7 Å². The predicted molar refractivity (Wildman–Crippen MR) is 125 cm³/mol. The van der Waals surface area contributed by atoms with Crippen LogP contribution in [0.3, 0.4) is 0 Å². The molecule has 0 amide bonds. The zero-order valence-corrected chi connectivity index (χ0v) is 18.5. The minimum absolute atomic E-state index is 0.263. The molecular formula is C25H19FN4O2S. The van der Waals surface area contributed by atoms with Crippen molar-refractivity contribution >= 4 is 20.9 Å². The van der Waals surface area contributed by atoms with Crippen LogP contribution in [0, 0.1) is 5.82 Å². The third-order valence-corrected chi connectivity index (χ3v) is 6.54. The summed E-state index contributed by atoms with van der Waals surface area (Å²) >= 11 is 0. The lowest BCUT2D eigenvalue weighted by atomic mass is 10.0. The molecule has 0 aliphatic heterocycles. The van der Waals surface area contributed by atoms with Gasteiger partial charge in [0.05, 0.1) is 17.1 Å². The molecule has 0 aliphatic carbocycles. The Bertz CT molecular complexity index is 1550. The van der Waals surface area contributed by atoms with E-state index in [0.29, 0.717) is 12.2 Å². The van der Waals surface area contributed by atoms with E-state index >= 15 is 0 Å². The standard InChI is InChI=1S/C25H19FN4O2S/c1-33(31,32)22-8-2-17(3-9-22)16-30-24(19-4-6-21(26)7-5-19)23-14-20(15-28-25(23)29-30)18-10-12-27-13-11-18/h2-15H,16H2,1H3. The molecule has 5 rings (SSSR count). The van der Waals surface area contributed by atoms with Gasteiger partial charge in [0.2, 0.25) is 0 Å². The van der Waals surface area contributed by atoms with Crippen molar-refractivity contribution in [3.8, 4) is 22.4 Å². The molecule has 2 aromatic carbocycles. The summed E-state index contributed by atoms with van der Waals surface area (Å²) in [4.78, 5) is 8.90. The van der Waals surface area contributed by atoms with Crippen molar-refractivity contribution in [3.63, 3.8) is 0 Å². The first-order valence-electron chi connectivity index (χ1n) is 10.2. The average molecular weight is 459 g/mol. The van der Waals surface area contributed by atoms with E-state index in [2.05, 4.69) is 9.97 Å². The molecule has 0 atom stereocenters. The van der Waals surface area contributed by atoms with Crippen molar-refractivity contribution in [2.45, 2.75) is 11.4 Å². The molecule has 0 radical (unpaired) electrons. The van der Waals surface area contributed by atoms with Crippen molar-refractivity contribution in [2.75, 3.05) is 6.26 Å². The van der Waals surface area contributed by atoms with Crippen LogP contribution < -0.4 is 0 Å². The number of pyridine rings is 2. The summed E-state index contributed by atoms with van der Waals surface area (Å²) in [6.07, 6.45) is 6.40. The third kappa shape index (κ3) is 4.25. The zero-order valence-electron chi connectivity index (χ0n) is 17.7. The topological polar surface area (TPSA) is 77.7 Å². The van der Waals surface area contributed by atoms with E-state index in [1.165, 1.54) is 18.4 Å². The van der Waals surface area contributed by atoms with Crippen LogP contribution in [0.4, 0.5) is 4.39 Å². The van der Waals surface area contributed by atoms with Crippen molar-refractivity contribution in [3.05, 3.63) is 96.7 Å². The summed E-state index contributed by atoms with van der Waals surface area (Å²) in [6.45, 7) is 0.400. The van der Waals surface area contributed by atoms with Gasteiger partial charge in [0, 0.05) is 41.4 Å². The molecule has 164 valence electrons. The summed E-state index contributed by atoms with van der Waals surface area (Å²) in [5.41, 5.74) is 4.97. The fraction of sp³-hybridized carbons (Fsp3) is 0.0800. The van der Waals surface area contributed by atoms with E-state index in [1.807, 2.05) is 22.9 Å². The first kappa shape index (κ1) is 21.0. The Hall–Kier alpha value is -3.91. The number of aromatic nitrogens is 4. The first-order chi connectivity index (χ1) is 15.9. The van der Waals surface area contributed by atoms with E-state index in [0.717, 1.165) is 33.3 Å². The molecule has 0 N–H and O–H groups in total. The summed E-state index contributed by atoms with van der Waals surface area (Å²) in [7, 11) is -3.27. The maximum absolute atomic E-state index is 13.6. The average Bonchev–Trinajstić information content (AvgIpc) is 3.17. The maximum atomic E-state index is 13.6. The van der Waals surface area contributed by atoms with Crippen molar-refractivity contribution in [1.82, 2.24) is 19.7 Å². The number of hydrogen-bond acceptors (Lipinski definition) is 5. The Morgan fingerprint density at radius 1 is 0.879 bits per heavy atom. The van der Waals surface area contributed by atoms with Gasteiger partial charge in [0.1, 0.15) is 5.82 Å². The fourth-order valence-corrected chi connectivity index (χ4v) is 4.39. The monoisotopic (exact) mass is 458 g/mol. The molecule has 3 aromatic heterocycles. The van der Waals surface area contributed by atoms with E-state index < -0.39 is 9.84 Å². The van der Waals surface area contributed by atoms with Crippen molar-refractivity contribution in [1.29, 1.82) is 0 Å². The number of halogens is 1. The van der Waals surface area contributed by atoms with Gasteiger partial charge in [-0.25, -0.2) is 17.8 Å². The third-order valence-electron chi connectivity index (χ3n) is 5.41. The summed E-state index contributed by atoms with van der Waals surface area (Å²) < 4.78 is 39.0. The molecule has 0 spiro atoms. The van der Waals surface area contributed by atoms with Gasteiger partial charge in [-0.2, -0.15) is 5.10 Å². The van der Waals surface area contributed by atoms with Crippen LogP contribution in [0.15, 0.2) is 90.2 Å². The van der Waals surface area contributed by atoms with Crippen LogP contribution in [-0.2, 0) is 16.4 Å². The number of benzene rings is 2. The van der Waals surface area contributed by atoms with E-state index in [4.69, 9.17) is 5.10 Å². The largest absolute Gasteiger partial charge is 0.265 e. The zero-order chi connectivity index (χ0) is 23.0. The molecule has 0 saturated heterocycles. The van der Waals surface area contributed by atoms with Crippen LogP contribution in [-0.4, -0.2) is 34.4 Å². The molecule has 0 saturated carbocycles. The molecular weight excluding hydrogens is 439 g/mol. The molecule has 0 fully saturated rings. The van der Waals surface area contributed by atoms with Crippen LogP contribution in [0.25, 0.3) is 33.4 Å². The lowest BCUT2D eigenvalue weighted by Crippen LogP contribution is -2.04.